The minimum atomic E-state index is -4.08. The average Bonchev–Trinajstić information content (AvgIpc) is 3.24. The zero-order chi connectivity index (χ0) is 18.9. The quantitative estimate of drug-likeness (QED) is 0.840. The molecule has 1 atom stereocenters. The van der Waals surface area contributed by atoms with Crippen molar-refractivity contribution in [2.24, 2.45) is 0 Å². The molecule has 1 aliphatic rings. The second-order valence-corrected chi connectivity index (χ2v) is 9.14. The first-order valence-electron chi connectivity index (χ1n) is 8.33. The molecule has 0 saturated carbocycles. The van der Waals surface area contributed by atoms with Crippen LogP contribution in [0.1, 0.15) is 38.3 Å². The lowest BCUT2D eigenvalue weighted by molar-refractivity contribution is -0.119. The Balaban J connectivity index is 1.81. The number of anilines is 1. The van der Waals surface area contributed by atoms with Crippen molar-refractivity contribution >= 4 is 32.4 Å². The van der Waals surface area contributed by atoms with Crippen LogP contribution in [0.4, 0.5) is 9.52 Å². The third kappa shape index (κ3) is 3.65. The van der Waals surface area contributed by atoms with Crippen LogP contribution in [0, 0.1) is 5.82 Å². The third-order valence-electron chi connectivity index (χ3n) is 4.27. The number of halogens is 1. The Kier molecular flexibility index (Phi) is 5.40. The van der Waals surface area contributed by atoms with Gasteiger partial charge < -0.3 is 5.32 Å². The van der Waals surface area contributed by atoms with Crippen molar-refractivity contribution in [2.45, 2.75) is 43.5 Å². The van der Waals surface area contributed by atoms with Crippen molar-refractivity contribution in [1.82, 2.24) is 9.29 Å². The molecule has 26 heavy (non-hydrogen) atoms. The summed E-state index contributed by atoms with van der Waals surface area (Å²) in [5.41, 5.74) is 0.868. The van der Waals surface area contributed by atoms with Crippen LogP contribution >= 0.6 is 11.3 Å². The molecule has 1 unspecified atom stereocenters. The van der Waals surface area contributed by atoms with E-state index in [1.807, 2.05) is 19.2 Å². The van der Waals surface area contributed by atoms with Gasteiger partial charge in [-0.25, -0.2) is 17.8 Å². The van der Waals surface area contributed by atoms with E-state index in [4.69, 9.17) is 0 Å². The van der Waals surface area contributed by atoms with Gasteiger partial charge in [0, 0.05) is 11.9 Å². The van der Waals surface area contributed by atoms with E-state index in [0.717, 1.165) is 16.1 Å². The van der Waals surface area contributed by atoms with E-state index in [-0.39, 0.29) is 12.5 Å². The molecule has 1 fully saturated rings. The normalized spacial score (nSPS) is 18.4. The van der Waals surface area contributed by atoms with Gasteiger partial charge >= 0.3 is 0 Å². The van der Waals surface area contributed by atoms with Gasteiger partial charge in [-0.2, -0.15) is 4.31 Å². The summed E-state index contributed by atoms with van der Waals surface area (Å²) in [7, 11) is -4.08. The Labute approximate surface area is 156 Å². The molecule has 2 heterocycles. The Morgan fingerprint density at radius 2 is 2.12 bits per heavy atom. The minimum Gasteiger partial charge on any atom is -0.301 e. The molecular weight excluding hydrogens is 377 g/mol. The predicted molar refractivity (Wildman–Crippen MR) is 98.1 cm³/mol. The van der Waals surface area contributed by atoms with Gasteiger partial charge in [0.05, 0.1) is 5.69 Å². The van der Waals surface area contributed by atoms with E-state index in [2.05, 4.69) is 10.3 Å². The summed E-state index contributed by atoms with van der Waals surface area (Å²) >= 11 is 1.30. The monoisotopic (exact) mass is 397 g/mol. The summed E-state index contributed by atoms with van der Waals surface area (Å²) < 4.78 is 40.7. The van der Waals surface area contributed by atoms with E-state index in [9.17, 15) is 17.6 Å². The van der Waals surface area contributed by atoms with Gasteiger partial charge in [0.1, 0.15) is 16.8 Å². The van der Waals surface area contributed by atoms with Crippen LogP contribution in [-0.2, 0) is 14.8 Å². The van der Waals surface area contributed by atoms with E-state index in [0.29, 0.717) is 18.0 Å². The van der Waals surface area contributed by atoms with Gasteiger partial charge in [0.2, 0.25) is 15.9 Å². The largest absolute Gasteiger partial charge is 0.301 e. The number of rotatable bonds is 5. The van der Waals surface area contributed by atoms with Gasteiger partial charge in [-0.3, -0.25) is 4.79 Å². The molecule has 1 aromatic carbocycles. The fourth-order valence-electron chi connectivity index (χ4n) is 2.87. The number of benzene rings is 1. The zero-order valence-electron chi connectivity index (χ0n) is 14.5. The van der Waals surface area contributed by atoms with Crippen LogP contribution in [0.2, 0.25) is 0 Å². The predicted octanol–water partition coefficient (Wildman–Crippen LogP) is 3.20. The van der Waals surface area contributed by atoms with Crippen LogP contribution in [0.25, 0.3) is 0 Å². The summed E-state index contributed by atoms with van der Waals surface area (Å²) in [6.45, 7) is 4.19. The van der Waals surface area contributed by atoms with Gasteiger partial charge in [0.25, 0.3) is 0 Å². The van der Waals surface area contributed by atoms with Crippen molar-refractivity contribution in [2.75, 3.05) is 11.9 Å². The van der Waals surface area contributed by atoms with Gasteiger partial charge in [-0.05, 0) is 30.9 Å². The number of amides is 1. The SMILES string of the molecule is CC(C)c1csc(NC(=O)C2CCCN2S(=O)(=O)c2ccccc2F)n1. The molecule has 2 aromatic rings. The number of aromatic nitrogens is 1. The highest BCUT2D eigenvalue weighted by Gasteiger charge is 2.40. The molecule has 1 aromatic heterocycles. The van der Waals surface area contributed by atoms with Gasteiger partial charge in [0.15, 0.2) is 5.13 Å². The van der Waals surface area contributed by atoms with E-state index in [1.165, 1.54) is 29.5 Å². The summed E-state index contributed by atoms with van der Waals surface area (Å²) in [6, 6.07) is 4.34. The molecule has 1 amide bonds. The van der Waals surface area contributed by atoms with Crippen LogP contribution in [0.15, 0.2) is 34.5 Å². The van der Waals surface area contributed by atoms with Crippen LogP contribution in [0.5, 0.6) is 0 Å². The number of carbonyl (C=O) groups is 1. The zero-order valence-corrected chi connectivity index (χ0v) is 16.1. The maximum Gasteiger partial charge on any atom is 0.246 e. The van der Waals surface area contributed by atoms with E-state index >= 15 is 0 Å². The standard InChI is InChI=1S/C17H20FN3O3S2/c1-11(2)13-10-25-17(19-13)20-16(22)14-7-5-9-21(14)26(23,24)15-8-4-3-6-12(15)18/h3-4,6,8,10-11,14H,5,7,9H2,1-2H3,(H,19,20,22). The molecule has 0 spiro atoms. The maximum atomic E-state index is 14.0. The number of nitrogens with zero attached hydrogens (tertiary/aromatic N) is 2. The maximum absolute atomic E-state index is 14.0. The van der Waals surface area contributed by atoms with Crippen LogP contribution < -0.4 is 5.32 Å². The fourth-order valence-corrected chi connectivity index (χ4v) is 5.47. The number of sulfonamides is 1. The summed E-state index contributed by atoms with van der Waals surface area (Å²) in [4.78, 5) is 16.6. The summed E-state index contributed by atoms with van der Waals surface area (Å²) in [5.74, 6) is -1.02. The molecule has 0 radical (unpaired) electrons. The Morgan fingerprint density at radius 3 is 2.77 bits per heavy atom. The van der Waals surface area contributed by atoms with Crippen LogP contribution in [0.3, 0.4) is 0 Å². The molecule has 0 aliphatic carbocycles. The van der Waals surface area contributed by atoms with Crippen molar-refractivity contribution in [3.63, 3.8) is 0 Å². The number of hydrogen-bond donors (Lipinski definition) is 1. The number of carbonyl (C=O) groups excluding carboxylic acids is 1. The van der Waals surface area contributed by atoms with E-state index in [1.54, 1.807) is 0 Å². The first-order chi connectivity index (χ1) is 12.3. The molecule has 140 valence electrons. The fraction of sp³-hybridized carbons (Fsp3) is 0.412. The molecule has 9 heteroatoms. The highest BCUT2D eigenvalue weighted by atomic mass is 32.2. The Morgan fingerprint density at radius 1 is 1.38 bits per heavy atom. The van der Waals surface area contributed by atoms with Crippen molar-refractivity contribution in [3.05, 3.63) is 41.2 Å². The third-order valence-corrected chi connectivity index (χ3v) is 6.99. The Hall–Kier alpha value is -1.84. The van der Waals surface area contributed by atoms with Crippen molar-refractivity contribution < 1.29 is 17.6 Å². The second kappa shape index (κ2) is 7.42. The molecular formula is C17H20FN3O3S2. The highest BCUT2D eigenvalue weighted by Crippen LogP contribution is 2.29. The topological polar surface area (TPSA) is 79.4 Å². The lowest BCUT2D eigenvalue weighted by Gasteiger charge is -2.23. The molecule has 6 nitrogen and oxygen atoms in total. The van der Waals surface area contributed by atoms with E-state index < -0.39 is 32.7 Å². The smallest absolute Gasteiger partial charge is 0.246 e. The molecule has 0 bridgehead atoms. The lowest BCUT2D eigenvalue weighted by Crippen LogP contribution is -2.43. The number of hydrogen-bond acceptors (Lipinski definition) is 5. The van der Waals surface area contributed by atoms with Gasteiger partial charge in [-0.1, -0.05) is 26.0 Å². The van der Waals surface area contributed by atoms with Crippen LogP contribution in [-0.4, -0.2) is 36.2 Å². The lowest BCUT2D eigenvalue weighted by atomic mass is 10.2. The van der Waals surface area contributed by atoms with Crippen molar-refractivity contribution in [1.29, 1.82) is 0 Å². The molecule has 3 rings (SSSR count). The number of thiazole rings is 1. The average molecular weight is 397 g/mol. The van der Waals surface area contributed by atoms with Gasteiger partial charge in [-0.15, -0.1) is 11.3 Å². The molecule has 1 saturated heterocycles. The minimum absolute atomic E-state index is 0.184. The molecule has 1 aliphatic heterocycles. The summed E-state index contributed by atoms with van der Waals surface area (Å²) in [5, 5.41) is 5.00. The first kappa shape index (κ1) is 18.9. The Bertz CT molecular complexity index is 911. The van der Waals surface area contributed by atoms with Crippen molar-refractivity contribution in [3.8, 4) is 0 Å². The highest BCUT2D eigenvalue weighted by molar-refractivity contribution is 7.89. The first-order valence-corrected chi connectivity index (χ1v) is 10.7. The second-order valence-electron chi connectivity index (χ2n) is 6.43. The number of nitrogens with one attached hydrogen (secondary N) is 1. The molecule has 1 N–H and O–H groups in total. The summed E-state index contributed by atoms with van der Waals surface area (Å²) in [6.07, 6.45) is 0.933.